The van der Waals surface area contributed by atoms with Crippen LogP contribution in [0.25, 0.3) is 0 Å². The van der Waals surface area contributed by atoms with Crippen molar-refractivity contribution in [1.29, 1.82) is 0 Å². The number of hydrogen-bond donors (Lipinski definition) is 3. The first-order chi connectivity index (χ1) is 33.0. The summed E-state index contributed by atoms with van der Waals surface area (Å²) in [5.74, 6) is -0.0611. The molecule has 0 aromatic heterocycles. The molecule has 0 aromatic carbocycles. The predicted octanol–water partition coefficient (Wildman–Crippen LogP) is 18.6. The molecule has 2 unspecified atom stereocenters. The summed E-state index contributed by atoms with van der Waals surface area (Å²) >= 11 is 0. The van der Waals surface area contributed by atoms with Crippen LogP contribution in [0.4, 0.5) is 0 Å². The van der Waals surface area contributed by atoms with E-state index in [0.29, 0.717) is 19.4 Å². The average Bonchev–Trinajstić information content (AvgIpc) is 3.33. The number of amides is 1. The standard InChI is InChI=1S/C61H117NO5/c1-3-5-7-9-11-13-14-15-16-17-26-29-32-35-39-43-47-51-55-61(66)67-56-52-48-44-40-36-33-30-27-24-22-20-18-19-21-23-25-28-31-34-38-42-46-50-54-60(65)62-58(57-63)59(64)53-49-45-41-37-12-10-8-6-4-2/h21,23,49,53,58-59,63-64H,3-20,22,24-48,50-52,54-57H2,1-2H3,(H,62,65)/b23-21-,53-49+. The number of aliphatic hydroxyl groups is 2. The second-order valence-corrected chi connectivity index (χ2v) is 20.7. The van der Waals surface area contributed by atoms with E-state index in [1.807, 2.05) is 6.08 Å². The first-order valence-corrected chi connectivity index (χ1v) is 30.1. The molecule has 0 aliphatic heterocycles. The fourth-order valence-corrected chi connectivity index (χ4v) is 9.34. The second-order valence-electron chi connectivity index (χ2n) is 20.7. The molecule has 67 heavy (non-hydrogen) atoms. The van der Waals surface area contributed by atoms with Gasteiger partial charge in [-0.2, -0.15) is 0 Å². The minimum absolute atomic E-state index is 0.0153. The van der Waals surface area contributed by atoms with Crippen LogP contribution in [-0.4, -0.2) is 47.4 Å². The van der Waals surface area contributed by atoms with Crippen molar-refractivity contribution in [3.63, 3.8) is 0 Å². The summed E-state index contributed by atoms with van der Waals surface area (Å²) in [4.78, 5) is 24.5. The Morgan fingerprint density at radius 3 is 1.06 bits per heavy atom. The van der Waals surface area contributed by atoms with E-state index in [0.717, 1.165) is 44.9 Å². The molecule has 0 saturated heterocycles. The summed E-state index contributed by atoms with van der Waals surface area (Å²) in [6.07, 6.45) is 69.4. The average molecular weight is 945 g/mol. The van der Waals surface area contributed by atoms with E-state index >= 15 is 0 Å². The maximum absolute atomic E-state index is 12.4. The van der Waals surface area contributed by atoms with Crippen molar-refractivity contribution < 1.29 is 24.5 Å². The van der Waals surface area contributed by atoms with Gasteiger partial charge in [0.1, 0.15) is 0 Å². The minimum atomic E-state index is -0.845. The van der Waals surface area contributed by atoms with Crippen LogP contribution in [-0.2, 0) is 14.3 Å². The van der Waals surface area contributed by atoms with Gasteiger partial charge in [0.15, 0.2) is 0 Å². The van der Waals surface area contributed by atoms with Gasteiger partial charge in [-0.1, -0.05) is 282 Å². The van der Waals surface area contributed by atoms with Crippen molar-refractivity contribution in [2.24, 2.45) is 0 Å². The van der Waals surface area contributed by atoms with E-state index in [4.69, 9.17) is 4.74 Å². The van der Waals surface area contributed by atoms with Gasteiger partial charge >= 0.3 is 5.97 Å². The van der Waals surface area contributed by atoms with Gasteiger partial charge in [0.05, 0.1) is 25.4 Å². The normalized spacial score (nSPS) is 12.7. The number of carbonyl (C=O) groups is 2. The third-order valence-corrected chi connectivity index (χ3v) is 14.0. The molecule has 6 nitrogen and oxygen atoms in total. The maximum Gasteiger partial charge on any atom is 0.305 e. The lowest BCUT2D eigenvalue weighted by Crippen LogP contribution is -2.45. The second kappa shape index (κ2) is 56.9. The number of unbranched alkanes of at least 4 members (excludes halogenated alkanes) is 43. The van der Waals surface area contributed by atoms with Crippen molar-refractivity contribution >= 4 is 11.9 Å². The maximum atomic E-state index is 12.4. The summed E-state index contributed by atoms with van der Waals surface area (Å²) in [6, 6.07) is -0.630. The SMILES string of the molecule is CCCCCCCCC/C=C/C(O)C(CO)NC(=O)CCCCCCCCC/C=C\CCCCCCCCCCCCCCOC(=O)CCCCCCCCCCCCCCCCCCCC. The van der Waals surface area contributed by atoms with E-state index < -0.39 is 12.1 Å². The van der Waals surface area contributed by atoms with Crippen molar-refractivity contribution in [2.45, 2.75) is 341 Å². The molecular formula is C61H117NO5. The van der Waals surface area contributed by atoms with Gasteiger partial charge < -0.3 is 20.3 Å². The van der Waals surface area contributed by atoms with E-state index in [-0.39, 0.29) is 18.5 Å². The third kappa shape index (κ3) is 53.5. The number of esters is 1. The topological polar surface area (TPSA) is 95.9 Å². The highest BCUT2D eigenvalue weighted by Gasteiger charge is 2.18. The van der Waals surface area contributed by atoms with Gasteiger partial charge in [0.25, 0.3) is 0 Å². The van der Waals surface area contributed by atoms with Crippen molar-refractivity contribution in [2.75, 3.05) is 13.2 Å². The van der Waals surface area contributed by atoms with Crippen LogP contribution in [0.1, 0.15) is 328 Å². The first-order valence-electron chi connectivity index (χ1n) is 30.1. The van der Waals surface area contributed by atoms with E-state index in [2.05, 4.69) is 31.3 Å². The number of allylic oxidation sites excluding steroid dienone is 3. The number of carbonyl (C=O) groups excluding carboxylic acids is 2. The number of nitrogens with one attached hydrogen (secondary N) is 1. The fourth-order valence-electron chi connectivity index (χ4n) is 9.34. The van der Waals surface area contributed by atoms with Crippen LogP contribution in [0, 0.1) is 0 Å². The summed E-state index contributed by atoms with van der Waals surface area (Å²) in [6.45, 7) is 4.89. The highest BCUT2D eigenvalue weighted by atomic mass is 16.5. The van der Waals surface area contributed by atoms with Gasteiger partial charge in [0, 0.05) is 12.8 Å². The van der Waals surface area contributed by atoms with Crippen molar-refractivity contribution in [3.05, 3.63) is 24.3 Å². The van der Waals surface area contributed by atoms with Gasteiger partial charge in [-0.15, -0.1) is 0 Å². The molecule has 0 fully saturated rings. The summed E-state index contributed by atoms with van der Waals surface area (Å²) in [7, 11) is 0. The third-order valence-electron chi connectivity index (χ3n) is 14.0. The molecule has 0 aliphatic rings. The van der Waals surface area contributed by atoms with E-state index in [9.17, 15) is 19.8 Å². The molecule has 0 rings (SSSR count). The molecule has 0 heterocycles. The highest BCUT2D eigenvalue weighted by Crippen LogP contribution is 2.17. The quantitative estimate of drug-likeness (QED) is 0.0321. The van der Waals surface area contributed by atoms with Crippen LogP contribution >= 0.6 is 0 Å². The summed E-state index contributed by atoms with van der Waals surface area (Å²) in [5.41, 5.74) is 0. The van der Waals surface area contributed by atoms with Gasteiger partial charge in [0.2, 0.25) is 5.91 Å². The van der Waals surface area contributed by atoms with E-state index in [1.54, 1.807) is 6.08 Å². The Morgan fingerprint density at radius 1 is 0.403 bits per heavy atom. The zero-order chi connectivity index (χ0) is 48.6. The van der Waals surface area contributed by atoms with Gasteiger partial charge in [-0.25, -0.2) is 0 Å². The molecule has 6 heteroatoms. The monoisotopic (exact) mass is 944 g/mol. The molecule has 0 aliphatic carbocycles. The lowest BCUT2D eigenvalue weighted by atomic mass is 10.0. The molecule has 0 bridgehead atoms. The Kier molecular flexibility index (Phi) is 55.5. The van der Waals surface area contributed by atoms with Gasteiger partial charge in [-0.3, -0.25) is 9.59 Å². The molecule has 0 radical (unpaired) electrons. The molecule has 396 valence electrons. The van der Waals surface area contributed by atoms with Gasteiger partial charge in [-0.05, 0) is 57.8 Å². The van der Waals surface area contributed by atoms with Crippen molar-refractivity contribution in [3.8, 4) is 0 Å². The largest absolute Gasteiger partial charge is 0.466 e. The molecule has 0 saturated carbocycles. The Morgan fingerprint density at radius 2 is 0.701 bits per heavy atom. The minimum Gasteiger partial charge on any atom is -0.466 e. The Labute approximate surface area is 418 Å². The number of ether oxygens (including phenoxy) is 1. The zero-order valence-corrected chi connectivity index (χ0v) is 45.1. The molecule has 3 N–H and O–H groups in total. The van der Waals surface area contributed by atoms with Crippen LogP contribution in [0.5, 0.6) is 0 Å². The predicted molar refractivity (Wildman–Crippen MR) is 292 cm³/mol. The highest BCUT2D eigenvalue weighted by molar-refractivity contribution is 5.76. The number of hydrogen-bond acceptors (Lipinski definition) is 5. The molecule has 1 amide bonds. The smallest absolute Gasteiger partial charge is 0.305 e. The van der Waals surface area contributed by atoms with Crippen LogP contribution < -0.4 is 5.32 Å². The van der Waals surface area contributed by atoms with Crippen molar-refractivity contribution in [1.82, 2.24) is 5.32 Å². The zero-order valence-electron chi connectivity index (χ0n) is 45.1. The number of aliphatic hydroxyl groups excluding tert-OH is 2. The Hall–Kier alpha value is -1.66. The molecule has 0 aromatic rings. The first kappa shape index (κ1) is 65.3. The Balaban J connectivity index is 3.37. The molecule has 2 atom stereocenters. The molecular weight excluding hydrogens is 827 g/mol. The van der Waals surface area contributed by atoms with E-state index in [1.165, 1.54) is 257 Å². The summed E-state index contributed by atoms with van der Waals surface area (Å²) < 4.78 is 5.50. The van der Waals surface area contributed by atoms with Crippen LogP contribution in [0.2, 0.25) is 0 Å². The Bertz CT molecular complexity index is 1040. The van der Waals surface area contributed by atoms with Crippen LogP contribution in [0.15, 0.2) is 24.3 Å². The van der Waals surface area contributed by atoms with Crippen LogP contribution in [0.3, 0.4) is 0 Å². The molecule has 0 spiro atoms. The lowest BCUT2D eigenvalue weighted by molar-refractivity contribution is -0.143. The fraction of sp³-hybridized carbons (Fsp3) is 0.902. The lowest BCUT2D eigenvalue weighted by Gasteiger charge is -2.20. The number of rotatable bonds is 56. The summed E-state index contributed by atoms with van der Waals surface area (Å²) in [5, 5.41) is 22.9.